The molecule has 1 aromatic carbocycles. The lowest BCUT2D eigenvalue weighted by Crippen LogP contribution is -2.09. The van der Waals surface area contributed by atoms with Crippen molar-refractivity contribution < 1.29 is 4.92 Å². The summed E-state index contributed by atoms with van der Waals surface area (Å²) in [7, 11) is 0. The number of nitrogens with zero attached hydrogens (tertiary/aromatic N) is 2. The number of rotatable bonds is 4. The van der Waals surface area contributed by atoms with E-state index in [9.17, 15) is 10.1 Å². The van der Waals surface area contributed by atoms with Gasteiger partial charge in [-0.25, -0.2) is 4.98 Å². The van der Waals surface area contributed by atoms with Gasteiger partial charge in [-0.2, -0.15) is 0 Å². The highest BCUT2D eigenvalue weighted by Crippen LogP contribution is 2.40. The van der Waals surface area contributed by atoms with Crippen LogP contribution in [-0.2, 0) is 0 Å². The van der Waals surface area contributed by atoms with Crippen LogP contribution in [0.2, 0.25) is 0 Å². The molecule has 98 valence electrons. The van der Waals surface area contributed by atoms with E-state index in [4.69, 9.17) is 5.84 Å². The number of nitrogens with two attached hydrogens (primary N) is 1. The van der Waals surface area contributed by atoms with Crippen LogP contribution in [0.1, 0.15) is 0 Å². The highest BCUT2D eigenvalue weighted by atomic mass is 79.9. The number of nitrogens with one attached hydrogen (secondary N) is 1. The number of hydrogen-bond acceptors (Lipinski definition) is 6. The van der Waals surface area contributed by atoms with Crippen molar-refractivity contribution in [1.82, 2.24) is 4.98 Å². The van der Waals surface area contributed by atoms with Gasteiger partial charge in [0.05, 0.1) is 14.3 Å². The summed E-state index contributed by atoms with van der Waals surface area (Å²) in [5.74, 6) is 5.29. The Morgan fingerprint density at radius 1 is 1.37 bits per heavy atom. The molecule has 0 fully saturated rings. The summed E-state index contributed by atoms with van der Waals surface area (Å²) >= 11 is 4.56. The highest BCUT2D eigenvalue weighted by Gasteiger charge is 2.20. The third-order valence-corrected chi connectivity index (χ3v) is 4.24. The average molecular weight is 341 g/mol. The van der Waals surface area contributed by atoms with Crippen LogP contribution < -0.4 is 11.3 Å². The molecular weight excluding hydrogens is 332 g/mol. The van der Waals surface area contributed by atoms with Crippen molar-refractivity contribution in [3.63, 3.8) is 0 Å². The van der Waals surface area contributed by atoms with Crippen LogP contribution in [-0.4, -0.2) is 9.91 Å². The summed E-state index contributed by atoms with van der Waals surface area (Å²) in [5, 5.41) is 11.8. The number of aromatic nitrogens is 1. The van der Waals surface area contributed by atoms with E-state index in [1.165, 1.54) is 11.8 Å². The minimum Gasteiger partial charge on any atom is -0.318 e. The van der Waals surface area contributed by atoms with Crippen LogP contribution in [0.25, 0.3) is 0 Å². The molecule has 0 aliphatic rings. The molecule has 0 amide bonds. The predicted octanol–water partition coefficient (Wildman–Crippen LogP) is 3.19. The fraction of sp³-hybridized carbons (Fsp3) is 0. The third-order valence-electron chi connectivity index (χ3n) is 2.27. The molecule has 0 spiro atoms. The molecule has 6 nitrogen and oxygen atoms in total. The summed E-state index contributed by atoms with van der Waals surface area (Å²) in [5.41, 5.74) is 2.53. The Morgan fingerprint density at radius 3 is 2.79 bits per heavy atom. The summed E-state index contributed by atoms with van der Waals surface area (Å²) in [6, 6.07) is 8.51. The van der Waals surface area contributed by atoms with Gasteiger partial charge in [0, 0.05) is 6.20 Å². The van der Waals surface area contributed by atoms with E-state index in [-0.39, 0.29) is 11.4 Å². The zero-order chi connectivity index (χ0) is 13.8. The largest absolute Gasteiger partial charge is 0.318 e. The van der Waals surface area contributed by atoms with Crippen LogP contribution in [0.5, 0.6) is 0 Å². The summed E-state index contributed by atoms with van der Waals surface area (Å²) in [6.07, 6.45) is 1.63. The second-order valence-electron chi connectivity index (χ2n) is 3.45. The maximum Gasteiger partial charge on any atom is 0.307 e. The van der Waals surface area contributed by atoms with Crippen LogP contribution in [0.3, 0.4) is 0 Å². The monoisotopic (exact) mass is 340 g/mol. The van der Waals surface area contributed by atoms with Crippen molar-refractivity contribution in [2.75, 3.05) is 5.43 Å². The lowest BCUT2D eigenvalue weighted by atomic mass is 10.3. The Balaban J connectivity index is 2.46. The lowest BCUT2D eigenvalue weighted by molar-refractivity contribution is -0.386. The van der Waals surface area contributed by atoms with E-state index in [1.54, 1.807) is 30.5 Å². The molecule has 3 N–H and O–H groups in total. The van der Waals surface area contributed by atoms with E-state index >= 15 is 0 Å². The number of nitro benzene ring substituents is 1. The van der Waals surface area contributed by atoms with Gasteiger partial charge in [0.1, 0.15) is 10.7 Å². The number of halogens is 1. The first-order valence-electron chi connectivity index (χ1n) is 5.16. The second-order valence-corrected chi connectivity index (χ2v) is 5.33. The van der Waals surface area contributed by atoms with Crippen LogP contribution in [0.15, 0.2) is 50.9 Å². The predicted molar refractivity (Wildman–Crippen MR) is 77.0 cm³/mol. The third kappa shape index (κ3) is 3.03. The lowest BCUT2D eigenvalue weighted by Gasteiger charge is -2.07. The molecule has 2 aromatic rings. The van der Waals surface area contributed by atoms with E-state index < -0.39 is 4.92 Å². The van der Waals surface area contributed by atoms with Crippen molar-refractivity contribution in [2.45, 2.75) is 9.92 Å². The maximum atomic E-state index is 11.1. The van der Waals surface area contributed by atoms with Crippen molar-refractivity contribution in [3.8, 4) is 0 Å². The van der Waals surface area contributed by atoms with Crippen molar-refractivity contribution >= 4 is 39.1 Å². The molecule has 0 saturated heterocycles. The SMILES string of the molecule is NNc1cccc(Sc2ncccc2Br)c1[N+](=O)[O-]. The summed E-state index contributed by atoms with van der Waals surface area (Å²) in [4.78, 5) is 15.3. The van der Waals surface area contributed by atoms with E-state index in [0.717, 1.165) is 4.47 Å². The number of nitro groups is 1. The van der Waals surface area contributed by atoms with Crippen LogP contribution >= 0.6 is 27.7 Å². The van der Waals surface area contributed by atoms with Gasteiger partial charge in [0.15, 0.2) is 0 Å². The van der Waals surface area contributed by atoms with Gasteiger partial charge in [0.2, 0.25) is 0 Å². The van der Waals surface area contributed by atoms with Gasteiger partial charge in [-0.15, -0.1) is 0 Å². The normalized spacial score (nSPS) is 10.2. The summed E-state index contributed by atoms with van der Waals surface area (Å²) < 4.78 is 0.778. The van der Waals surface area contributed by atoms with Gasteiger partial charge < -0.3 is 5.43 Å². The molecule has 2 rings (SSSR count). The second kappa shape index (κ2) is 6.00. The molecule has 0 bridgehead atoms. The van der Waals surface area contributed by atoms with Crippen molar-refractivity contribution in [3.05, 3.63) is 51.1 Å². The fourth-order valence-electron chi connectivity index (χ4n) is 1.46. The molecular formula is C11H9BrN4O2S. The average Bonchev–Trinajstić information content (AvgIpc) is 2.40. The highest BCUT2D eigenvalue weighted by molar-refractivity contribution is 9.10. The van der Waals surface area contributed by atoms with Gasteiger partial charge in [-0.3, -0.25) is 16.0 Å². The molecule has 1 aromatic heterocycles. The Morgan fingerprint density at radius 2 is 2.16 bits per heavy atom. The zero-order valence-corrected chi connectivity index (χ0v) is 11.9. The minimum absolute atomic E-state index is 0.0625. The number of hydrogen-bond donors (Lipinski definition) is 2. The molecule has 8 heteroatoms. The van der Waals surface area contributed by atoms with Crippen LogP contribution in [0, 0.1) is 10.1 Å². The molecule has 0 atom stereocenters. The van der Waals surface area contributed by atoms with Gasteiger partial charge in [0.25, 0.3) is 0 Å². The quantitative estimate of drug-likeness (QED) is 0.504. The maximum absolute atomic E-state index is 11.1. The minimum atomic E-state index is -0.464. The molecule has 0 aliphatic carbocycles. The first-order valence-corrected chi connectivity index (χ1v) is 6.77. The number of pyridine rings is 1. The number of benzene rings is 1. The number of nitrogen functional groups attached to an aromatic ring is 1. The smallest absolute Gasteiger partial charge is 0.307 e. The van der Waals surface area contributed by atoms with E-state index in [2.05, 4.69) is 26.3 Å². The molecule has 1 heterocycles. The number of para-hydroxylation sites is 1. The first-order chi connectivity index (χ1) is 9.13. The molecule has 19 heavy (non-hydrogen) atoms. The van der Waals surface area contributed by atoms with Gasteiger partial charge >= 0.3 is 5.69 Å². The topological polar surface area (TPSA) is 94.1 Å². The molecule has 0 radical (unpaired) electrons. The van der Waals surface area contributed by atoms with Gasteiger partial charge in [-0.1, -0.05) is 17.8 Å². The molecule has 0 aliphatic heterocycles. The van der Waals surface area contributed by atoms with Crippen molar-refractivity contribution in [2.24, 2.45) is 5.84 Å². The van der Waals surface area contributed by atoms with E-state index in [1.807, 2.05) is 6.07 Å². The number of anilines is 1. The van der Waals surface area contributed by atoms with E-state index in [0.29, 0.717) is 9.92 Å². The Labute approximate surface area is 121 Å². The fourth-order valence-corrected chi connectivity index (χ4v) is 2.87. The van der Waals surface area contributed by atoms with Crippen molar-refractivity contribution in [1.29, 1.82) is 0 Å². The van der Waals surface area contributed by atoms with Crippen LogP contribution in [0.4, 0.5) is 11.4 Å². The van der Waals surface area contributed by atoms with Gasteiger partial charge in [-0.05, 0) is 40.2 Å². The Kier molecular flexibility index (Phi) is 4.35. The Bertz CT molecular complexity index is 623. The molecule has 0 saturated carbocycles. The Hall–Kier alpha value is -1.64. The standard InChI is InChI=1S/C11H9BrN4O2S/c12-7-3-2-6-14-11(7)19-9-5-1-4-8(15-13)10(9)16(17)18/h1-6,15H,13H2. The zero-order valence-electron chi connectivity index (χ0n) is 9.54. The first kappa shape index (κ1) is 13.8. The summed E-state index contributed by atoms with van der Waals surface area (Å²) in [6.45, 7) is 0. The number of hydrazine groups is 1. The molecule has 0 unspecified atom stereocenters.